The van der Waals surface area contributed by atoms with Crippen molar-refractivity contribution in [3.63, 3.8) is 0 Å². The van der Waals surface area contributed by atoms with E-state index in [4.69, 9.17) is 4.74 Å². The second-order valence-electron chi connectivity index (χ2n) is 5.34. The molecule has 0 spiro atoms. The minimum Gasteiger partial charge on any atom is -0.494 e. The molecule has 0 aliphatic carbocycles. The Hall–Kier alpha value is -3.15. The van der Waals surface area contributed by atoms with Gasteiger partial charge in [0.05, 0.1) is 12.8 Å². The van der Waals surface area contributed by atoms with Crippen molar-refractivity contribution in [2.75, 3.05) is 11.9 Å². The van der Waals surface area contributed by atoms with Crippen molar-refractivity contribution in [3.8, 4) is 5.75 Å². The average Bonchev–Trinajstić information content (AvgIpc) is 2.57. The zero-order chi connectivity index (χ0) is 18.1. The summed E-state index contributed by atoms with van der Waals surface area (Å²) in [6.07, 6.45) is 1.20. The average molecular weight is 339 g/mol. The molecular weight excluding hydrogens is 318 g/mol. The number of amides is 2. The highest BCUT2D eigenvalue weighted by molar-refractivity contribution is 6.04. The van der Waals surface area contributed by atoms with Gasteiger partial charge in [-0.3, -0.25) is 9.59 Å². The number of hydrogen-bond acceptors (Lipinski definition) is 4. The Morgan fingerprint density at radius 1 is 1.12 bits per heavy atom. The van der Waals surface area contributed by atoms with Crippen LogP contribution < -0.4 is 15.5 Å². The van der Waals surface area contributed by atoms with Gasteiger partial charge in [-0.25, -0.2) is 5.43 Å². The van der Waals surface area contributed by atoms with Gasteiger partial charge in [-0.15, -0.1) is 0 Å². The van der Waals surface area contributed by atoms with Gasteiger partial charge in [0, 0.05) is 5.69 Å². The van der Waals surface area contributed by atoms with Gasteiger partial charge in [0.1, 0.15) is 12.2 Å². The number of carbonyl (C=O) groups is 2. The molecule has 0 atom stereocenters. The summed E-state index contributed by atoms with van der Waals surface area (Å²) < 4.78 is 5.39. The molecule has 0 bridgehead atoms. The molecule has 2 aromatic carbocycles. The molecule has 2 amide bonds. The summed E-state index contributed by atoms with van der Waals surface area (Å²) in [5.74, 6) is -0.140. The topological polar surface area (TPSA) is 79.8 Å². The van der Waals surface area contributed by atoms with Crippen molar-refractivity contribution in [1.29, 1.82) is 0 Å². The van der Waals surface area contributed by atoms with E-state index >= 15 is 0 Å². The van der Waals surface area contributed by atoms with Gasteiger partial charge >= 0.3 is 0 Å². The molecule has 0 aromatic heterocycles. The van der Waals surface area contributed by atoms with Gasteiger partial charge in [-0.1, -0.05) is 30.3 Å². The van der Waals surface area contributed by atoms with E-state index in [0.717, 1.165) is 16.9 Å². The predicted molar refractivity (Wildman–Crippen MR) is 97.8 cm³/mol. The molecule has 2 aromatic rings. The lowest BCUT2D eigenvalue weighted by molar-refractivity contribution is -0.126. The largest absolute Gasteiger partial charge is 0.494 e. The minimum atomic E-state index is -0.483. The Morgan fingerprint density at radius 2 is 1.92 bits per heavy atom. The number of benzene rings is 2. The zero-order valence-corrected chi connectivity index (χ0v) is 14.3. The molecule has 0 radical (unpaired) electrons. The van der Waals surface area contributed by atoms with E-state index in [0.29, 0.717) is 12.3 Å². The third-order valence-corrected chi connectivity index (χ3v) is 3.31. The number of carbonyl (C=O) groups excluding carboxylic acids is 2. The lowest BCUT2D eigenvalue weighted by Gasteiger charge is -2.07. The van der Waals surface area contributed by atoms with Crippen molar-refractivity contribution >= 4 is 23.7 Å². The minimum absolute atomic E-state index is 0.301. The number of hydrogen-bond donors (Lipinski definition) is 2. The number of anilines is 1. The fourth-order valence-corrected chi connectivity index (χ4v) is 2.12. The Kier molecular flexibility index (Phi) is 6.71. The Balaban J connectivity index is 1.83. The molecular formula is C19H21N3O3. The standard InChI is InChI=1S/C19H21N3O3/c1-3-25-16-9-6-8-15(11-16)13-20-22-19(24)12-18(23)21-17-10-5-4-7-14(17)2/h4-11,13H,3,12H2,1-2H3,(H,21,23)(H,22,24). The molecule has 6 heteroatoms. The Labute approximate surface area is 146 Å². The molecule has 0 unspecified atom stereocenters. The molecule has 130 valence electrons. The molecule has 0 heterocycles. The van der Waals surface area contributed by atoms with Gasteiger partial charge in [0.25, 0.3) is 0 Å². The fraction of sp³-hybridized carbons (Fsp3) is 0.211. The third-order valence-electron chi connectivity index (χ3n) is 3.31. The number of aryl methyl sites for hydroxylation is 1. The van der Waals surface area contributed by atoms with E-state index < -0.39 is 5.91 Å². The first-order valence-corrected chi connectivity index (χ1v) is 7.98. The molecule has 2 rings (SSSR count). The first-order chi connectivity index (χ1) is 12.1. The maximum Gasteiger partial charge on any atom is 0.249 e. The molecule has 0 aliphatic heterocycles. The van der Waals surface area contributed by atoms with E-state index in [1.54, 1.807) is 6.07 Å². The quantitative estimate of drug-likeness (QED) is 0.462. The van der Waals surface area contributed by atoms with Gasteiger partial charge in [0.2, 0.25) is 11.8 Å². The lowest BCUT2D eigenvalue weighted by Crippen LogP contribution is -2.24. The first kappa shape index (κ1) is 18.2. The molecule has 25 heavy (non-hydrogen) atoms. The smallest absolute Gasteiger partial charge is 0.249 e. The monoisotopic (exact) mass is 339 g/mol. The van der Waals surface area contributed by atoms with E-state index in [9.17, 15) is 9.59 Å². The van der Waals surface area contributed by atoms with Gasteiger partial charge in [0.15, 0.2) is 0 Å². The SMILES string of the molecule is CCOc1cccc(C=NNC(=O)CC(=O)Nc2ccccc2C)c1. The van der Waals surface area contributed by atoms with Crippen LogP contribution in [0.2, 0.25) is 0 Å². The molecule has 2 N–H and O–H groups in total. The van der Waals surface area contributed by atoms with Gasteiger partial charge < -0.3 is 10.1 Å². The highest BCUT2D eigenvalue weighted by Crippen LogP contribution is 2.13. The lowest BCUT2D eigenvalue weighted by atomic mass is 10.2. The van der Waals surface area contributed by atoms with Crippen LogP contribution in [0.1, 0.15) is 24.5 Å². The van der Waals surface area contributed by atoms with Crippen molar-refractivity contribution in [2.45, 2.75) is 20.3 Å². The maximum absolute atomic E-state index is 11.9. The Morgan fingerprint density at radius 3 is 2.68 bits per heavy atom. The van der Waals surface area contributed by atoms with Crippen LogP contribution in [0.25, 0.3) is 0 Å². The predicted octanol–water partition coefficient (Wildman–Crippen LogP) is 2.87. The summed E-state index contributed by atoms with van der Waals surface area (Å²) in [6.45, 7) is 4.37. The van der Waals surface area contributed by atoms with E-state index in [1.807, 2.05) is 56.3 Å². The fourth-order valence-electron chi connectivity index (χ4n) is 2.12. The van der Waals surface area contributed by atoms with E-state index in [-0.39, 0.29) is 12.3 Å². The summed E-state index contributed by atoms with van der Waals surface area (Å²) in [6, 6.07) is 14.7. The highest BCUT2D eigenvalue weighted by Gasteiger charge is 2.09. The van der Waals surface area contributed by atoms with Crippen LogP contribution in [0.4, 0.5) is 5.69 Å². The second-order valence-corrected chi connectivity index (χ2v) is 5.34. The molecule has 0 saturated carbocycles. The molecule has 0 saturated heterocycles. The third kappa shape index (κ3) is 6.10. The maximum atomic E-state index is 11.9. The van der Waals surface area contributed by atoms with Crippen molar-refractivity contribution in [1.82, 2.24) is 5.43 Å². The number of ether oxygens (including phenoxy) is 1. The van der Waals surface area contributed by atoms with Gasteiger partial charge in [-0.2, -0.15) is 5.10 Å². The number of nitrogens with zero attached hydrogens (tertiary/aromatic N) is 1. The zero-order valence-electron chi connectivity index (χ0n) is 14.3. The van der Waals surface area contributed by atoms with Crippen LogP contribution in [-0.4, -0.2) is 24.6 Å². The number of hydrazone groups is 1. The van der Waals surface area contributed by atoms with Crippen molar-refractivity contribution in [3.05, 3.63) is 59.7 Å². The van der Waals surface area contributed by atoms with E-state index in [1.165, 1.54) is 6.21 Å². The van der Waals surface area contributed by atoms with Crippen LogP contribution in [0, 0.1) is 6.92 Å². The summed E-state index contributed by atoms with van der Waals surface area (Å²) in [5, 5.41) is 6.56. The van der Waals surface area contributed by atoms with Crippen LogP contribution in [0.15, 0.2) is 53.6 Å². The number of rotatable bonds is 7. The molecule has 6 nitrogen and oxygen atoms in total. The van der Waals surface area contributed by atoms with Crippen LogP contribution >= 0.6 is 0 Å². The van der Waals surface area contributed by atoms with Crippen molar-refractivity contribution in [2.24, 2.45) is 5.10 Å². The van der Waals surface area contributed by atoms with Crippen LogP contribution in [0.5, 0.6) is 5.75 Å². The summed E-state index contributed by atoms with van der Waals surface area (Å²) in [5.41, 5.74) is 4.76. The summed E-state index contributed by atoms with van der Waals surface area (Å²) >= 11 is 0. The highest BCUT2D eigenvalue weighted by atomic mass is 16.5. The summed E-state index contributed by atoms with van der Waals surface area (Å²) in [7, 11) is 0. The normalized spacial score (nSPS) is 10.5. The van der Waals surface area contributed by atoms with Crippen LogP contribution in [0.3, 0.4) is 0 Å². The van der Waals surface area contributed by atoms with Crippen molar-refractivity contribution < 1.29 is 14.3 Å². The Bertz CT molecular complexity index is 772. The molecule has 0 aliphatic rings. The van der Waals surface area contributed by atoms with Crippen LogP contribution in [-0.2, 0) is 9.59 Å². The van der Waals surface area contributed by atoms with Gasteiger partial charge in [-0.05, 0) is 43.2 Å². The number of nitrogens with one attached hydrogen (secondary N) is 2. The van der Waals surface area contributed by atoms with E-state index in [2.05, 4.69) is 15.8 Å². The number of para-hydroxylation sites is 1. The molecule has 0 fully saturated rings. The first-order valence-electron chi connectivity index (χ1n) is 7.98. The second kappa shape index (κ2) is 9.22. The summed E-state index contributed by atoms with van der Waals surface area (Å²) in [4.78, 5) is 23.7.